The van der Waals surface area contributed by atoms with Gasteiger partial charge in [-0.25, -0.2) is 0 Å². The van der Waals surface area contributed by atoms with Crippen LogP contribution in [0.25, 0.3) is 10.8 Å². The van der Waals surface area contributed by atoms with Gasteiger partial charge >= 0.3 is 0 Å². The number of hydrogen-bond acceptors (Lipinski definition) is 2. The first-order chi connectivity index (χ1) is 8.86. The molecule has 3 heteroatoms. The monoisotopic (exact) mass is 261 g/mol. The molecule has 0 saturated heterocycles. The molecule has 94 valence electrons. The highest BCUT2D eigenvalue weighted by molar-refractivity contribution is 6.25. The Balaban J connectivity index is 2.41. The van der Waals surface area contributed by atoms with Crippen molar-refractivity contribution in [1.82, 2.24) is 0 Å². The Kier molecular flexibility index (Phi) is 4.62. The van der Waals surface area contributed by atoms with E-state index in [1.807, 2.05) is 18.2 Å². The van der Waals surface area contributed by atoms with Crippen LogP contribution in [0.4, 0.5) is 0 Å². The number of fused-ring (bicyclic) bond motifs is 1. The van der Waals surface area contributed by atoms with Gasteiger partial charge in [0.15, 0.2) is 0 Å². The maximum atomic E-state index is 5.71. The Hall–Kier alpha value is -1.51. The van der Waals surface area contributed by atoms with E-state index in [4.69, 9.17) is 22.1 Å². The Bertz CT molecular complexity index is 551. The van der Waals surface area contributed by atoms with Gasteiger partial charge in [0.25, 0.3) is 0 Å². The van der Waals surface area contributed by atoms with Crippen molar-refractivity contribution in [3.05, 3.63) is 53.6 Å². The molecule has 2 aromatic carbocycles. The van der Waals surface area contributed by atoms with Gasteiger partial charge in [-0.2, -0.15) is 0 Å². The van der Waals surface area contributed by atoms with Crippen molar-refractivity contribution in [1.29, 1.82) is 0 Å². The topological polar surface area (TPSA) is 35.2 Å². The van der Waals surface area contributed by atoms with Crippen LogP contribution in [0.2, 0.25) is 0 Å². The third-order valence-corrected chi connectivity index (χ3v) is 2.99. The van der Waals surface area contributed by atoms with E-state index in [-0.39, 0.29) is 0 Å². The molecule has 0 heterocycles. The normalized spacial score (nSPS) is 11.2. The second kappa shape index (κ2) is 6.43. The molecule has 2 rings (SSSR count). The molecule has 0 bridgehead atoms. The summed E-state index contributed by atoms with van der Waals surface area (Å²) >= 11 is 5.48. The van der Waals surface area contributed by atoms with Gasteiger partial charge in [0.2, 0.25) is 0 Å². The number of halogens is 1. The smallest absolute Gasteiger partial charge is 0.123 e. The van der Waals surface area contributed by atoms with Crippen molar-refractivity contribution in [2.75, 3.05) is 13.2 Å². The van der Waals surface area contributed by atoms with Gasteiger partial charge < -0.3 is 10.5 Å². The second-order valence-electron chi connectivity index (χ2n) is 3.97. The molecule has 0 unspecified atom stereocenters. The molecule has 0 aliphatic rings. The molecule has 0 saturated carbocycles. The molecule has 0 amide bonds. The quantitative estimate of drug-likeness (QED) is 0.894. The van der Waals surface area contributed by atoms with Crippen LogP contribution in [0, 0.1) is 0 Å². The molecule has 2 aromatic rings. The van der Waals surface area contributed by atoms with Gasteiger partial charge in [-0.05, 0) is 35.9 Å². The summed E-state index contributed by atoms with van der Waals surface area (Å²) in [5.41, 5.74) is 8.31. The number of hydrogen-bond donors (Lipinski definition) is 1. The van der Waals surface area contributed by atoms with E-state index in [2.05, 4.69) is 18.2 Å². The zero-order valence-corrected chi connectivity index (χ0v) is 10.9. The lowest BCUT2D eigenvalue weighted by atomic mass is 10.0. The molecule has 2 nitrogen and oxygen atoms in total. The fourth-order valence-electron chi connectivity index (χ4n) is 2.03. The van der Waals surface area contributed by atoms with Gasteiger partial charge in [0.05, 0.1) is 0 Å². The number of rotatable bonds is 5. The maximum Gasteiger partial charge on any atom is 0.123 e. The Labute approximate surface area is 112 Å². The van der Waals surface area contributed by atoms with Crippen LogP contribution in [0.15, 0.2) is 48.0 Å². The molecule has 0 aliphatic heterocycles. The van der Waals surface area contributed by atoms with E-state index < -0.39 is 0 Å². The van der Waals surface area contributed by atoms with Gasteiger partial charge in [0.1, 0.15) is 12.4 Å². The first-order valence-corrected chi connectivity index (χ1v) is 6.39. The third kappa shape index (κ3) is 2.84. The molecule has 0 aliphatic carbocycles. The summed E-state index contributed by atoms with van der Waals surface area (Å²) in [6.07, 6.45) is 2.57. The van der Waals surface area contributed by atoms with Crippen molar-refractivity contribution < 1.29 is 4.74 Å². The second-order valence-corrected chi connectivity index (χ2v) is 4.23. The number of benzene rings is 2. The Morgan fingerprint density at radius 1 is 1.17 bits per heavy atom. The summed E-state index contributed by atoms with van der Waals surface area (Å²) in [6, 6.07) is 12.3. The van der Waals surface area contributed by atoms with Crippen molar-refractivity contribution in [3.8, 4) is 5.75 Å². The lowest BCUT2D eigenvalue weighted by Crippen LogP contribution is -2.06. The summed E-state index contributed by atoms with van der Waals surface area (Å²) < 4.78 is 5.71. The molecular formula is C15H16ClNO. The van der Waals surface area contributed by atoms with E-state index in [0.717, 1.165) is 12.2 Å². The largest absolute Gasteiger partial charge is 0.489 e. The van der Waals surface area contributed by atoms with Crippen LogP contribution >= 0.6 is 11.6 Å². The van der Waals surface area contributed by atoms with Gasteiger partial charge in [-0.15, -0.1) is 0 Å². The third-order valence-electron chi connectivity index (χ3n) is 2.82. The minimum Gasteiger partial charge on any atom is -0.489 e. The van der Waals surface area contributed by atoms with E-state index in [1.165, 1.54) is 21.9 Å². The number of ether oxygens (including phenoxy) is 1. The van der Waals surface area contributed by atoms with Crippen molar-refractivity contribution >= 4 is 22.4 Å². The van der Waals surface area contributed by atoms with Gasteiger partial charge in [-0.3, -0.25) is 0 Å². The highest BCUT2D eigenvalue weighted by Crippen LogP contribution is 2.28. The van der Waals surface area contributed by atoms with Crippen molar-refractivity contribution in [2.24, 2.45) is 5.73 Å². The van der Waals surface area contributed by atoms with Crippen LogP contribution in [0.1, 0.15) is 5.56 Å². The zero-order chi connectivity index (χ0) is 12.8. The highest BCUT2D eigenvalue weighted by Gasteiger charge is 2.07. The average Bonchev–Trinajstić information content (AvgIpc) is 2.41. The highest BCUT2D eigenvalue weighted by atomic mass is 35.5. The maximum absolute atomic E-state index is 5.71. The first kappa shape index (κ1) is 12.9. The molecule has 0 fully saturated rings. The molecule has 0 atom stereocenters. The SMILES string of the molecule is NCCc1c(OC/C=C/Cl)ccc2ccccc12. The molecular weight excluding hydrogens is 246 g/mol. The molecule has 2 N–H and O–H groups in total. The Morgan fingerprint density at radius 3 is 2.78 bits per heavy atom. The minimum atomic E-state index is 0.472. The average molecular weight is 262 g/mol. The first-order valence-electron chi connectivity index (χ1n) is 5.95. The number of nitrogens with two attached hydrogens (primary N) is 1. The lowest BCUT2D eigenvalue weighted by molar-refractivity contribution is 0.360. The van der Waals surface area contributed by atoms with Crippen molar-refractivity contribution in [3.63, 3.8) is 0 Å². The molecule has 0 aromatic heterocycles. The van der Waals surface area contributed by atoms with E-state index >= 15 is 0 Å². The zero-order valence-electron chi connectivity index (χ0n) is 10.1. The fourth-order valence-corrected chi connectivity index (χ4v) is 2.10. The van der Waals surface area contributed by atoms with Crippen LogP contribution < -0.4 is 10.5 Å². The van der Waals surface area contributed by atoms with Crippen LogP contribution in [-0.2, 0) is 6.42 Å². The standard InChI is InChI=1S/C15H16ClNO/c16-9-3-11-18-15-7-6-12-4-1-2-5-13(12)14(15)8-10-17/h1-7,9H,8,10-11,17H2/b9-3+. The predicted molar refractivity (Wildman–Crippen MR) is 77.2 cm³/mol. The molecule has 18 heavy (non-hydrogen) atoms. The summed E-state index contributed by atoms with van der Waals surface area (Å²) in [5.74, 6) is 0.883. The minimum absolute atomic E-state index is 0.472. The Morgan fingerprint density at radius 2 is 2.00 bits per heavy atom. The van der Waals surface area contributed by atoms with Crippen LogP contribution in [0.3, 0.4) is 0 Å². The summed E-state index contributed by atoms with van der Waals surface area (Å²) in [7, 11) is 0. The fraction of sp³-hybridized carbons (Fsp3) is 0.200. The van der Waals surface area contributed by atoms with Crippen molar-refractivity contribution in [2.45, 2.75) is 6.42 Å². The van der Waals surface area contributed by atoms with E-state index in [9.17, 15) is 0 Å². The van der Waals surface area contributed by atoms with E-state index in [0.29, 0.717) is 13.2 Å². The van der Waals surface area contributed by atoms with E-state index in [1.54, 1.807) is 6.08 Å². The predicted octanol–water partition coefficient (Wildman–Crippen LogP) is 3.47. The van der Waals surface area contributed by atoms with Crippen LogP contribution in [-0.4, -0.2) is 13.2 Å². The lowest BCUT2D eigenvalue weighted by Gasteiger charge is -2.12. The summed E-state index contributed by atoms with van der Waals surface area (Å²) in [6.45, 7) is 1.08. The summed E-state index contributed by atoms with van der Waals surface area (Å²) in [5, 5.41) is 2.41. The van der Waals surface area contributed by atoms with Crippen LogP contribution in [0.5, 0.6) is 5.75 Å². The van der Waals surface area contributed by atoms with Gasteiger partial charge in [0, 0.05) is 11.1 Å². The van der Waals surface area contributed by atoms with Gasteiger partial charge in [-0.1, -0.05) is 41.9 Å². The molecule has 0 radical (unpaired) electrons. The summed E-state index contributed by atoms with van der Waals surface area (Å²) in [4.78, 5) is 0. The molecule has 0 spiro atoms.